The molecule has 0 saturated heterocycles. The minimum absolute atomic E-state index is 0.0667. The Bertz CT molecular complexity index is 376. The van der Waals surface area contributed by atoms with Crippen molar-refractivity contribution in [2.45, 2.75) is 13.5 Å². The van der Waals surface area contributed by atoms with E-state index in [0.29, 0.717) is 23.2 Å². The molecule has 5 heteroatoms. The highest BCUT2D eigenvalue weighted by molar-refractivity contribution is 6.34. The molecule has 0 saturated carbocycles. The van der Waals surface area contributed by atoms with Gasteiger partial charge in [0.15, 0.2) is 0 Å². The molecule has 0 aliphatic rings. The molecule has 0 aliphatic heterocycles. The maximum atomic E-state index is 11.6. The molecule has 0 aromatic heterocycles. The van der Waals surface area contributed by atoms with E-state index in [2.05, 4.69) is 0 Å². The summed E-state index contributed by atoms with van der Waals surface area (Å²) in [6.45, 7) is 2.94. The first-order valence-electron chi connectivity index (χ1n) is 5.29. The molecule has 1 rings (SSSR count). The molecular weight excluding hydrogens is 261 g/mol. The topological polar surface area (TPSA) is 29.5 Å². The van der Waals surface area contributed by atoms with Crippen molar-refractivity contribution in [3.05, 3.63) is 33.8 Å². The second kappa shape index (κ2) is 6.84. The number of halogens is 2. The Hall–Kier alpha value is -0.770. The summed E-state index contributed by atoms with van der Waals surface area (Å²) >= 11 is 11.8. The van der Waals surface area contributed by atoms with Crippen LogP contribution in [0.2, 0.25) is 10.0 Å². The molecule has 3 nitrogen and oxygen atoms in total. The van der Waals surface area contributed by atoms with Crippen molar-refractivity contribution < 1.29 is 9.53 Å². The van der Waals surface area contributed by atoms with Crippen molar-refractivity contribution in [2.75, 3.05) is 20.3 Å². The van der Waals surface area contributed by atoms with Gasteiger partial charge in [-0.1, -0.05) is 23.2 Å². The number of nitrogens with zero attached hydrogens (tertiary/aromatic N) is 1. The number of rotatable bonds is 5. The van der Waals surface area contributed by atoms with Crippen LogP contribution < -0.4 is 0 Å². The zero-order valence-electron chi connectivity index (χ0n) is 9.87. The van der Waals surface area contributed by atoms with E-state index in [-0.39, 0.29) is 12.5 Å². The fourth-order valence-corrected chi connectivity index (χ4v) is 1.94. The van der Waals surface area contributed by atoms with Crippen molar-refractivity contribution in [2.24, 2.45) is 0 Å². The van der Waals surface area contributed by atoms with Gasteiger partial charge in [-0.15, -0.1) is 0 Å². The third-order valence-corrected chi connectivity index (χ3v) is 2.63. The Morgan fingerprint density at radius 1 is 1.29 bits per heavy atom. The minimum atomic E-state index is -0.0667. The fraction of sp³-hybridized carbons (Fsp3) is 0.417. The van der Waals surface area contributed by atoms with Gasteiger partial charge in [-0.2, -0.15) is 0 Å². The van der Waals surface area contributed by atoms with Crippen LogP contribution in [0.3, 0.4) is 0 Å². The average Bonchev–Trinajstić information content (AvgIpc) is 2.24. The zero-order chi connectivity index (χ0) is 12.8. The SMILES string of the molecule is CCOCC(=O)N(C)Cc1cc(Cl)cc(Cl)c1. The van der Waals surface area contributed by atoms with Crippen LogP contribution >= 0.6 is 23.2 Å². The van der Waals surface area contributed by atoms with Crippen molar-refractivity contribution in [1.82, 2.24) is 4.90 Å². The first-order valence-corrected chi connectivity index (χ1v) is 6.05. The van der Waals surface area contributed by atoms with Crippen LogP contribution in [0, 0.1) is 0 Å². The van der Waals surface area contributed by atoms with Gasteiger partial charge in [-0.05, 0) is 30.7 Å². The summed E-state index contributed by atoms with van der Waals surface area (Å²) in [5, 5.41) is 1.14. The highest BCUT2D eigenvalue weighted by Gasteiger charge is 2.09. The van der Waals surface area contributed by atoms with E-state index in [9.17, 15) is 4.79 Å². The van der Waals surface area contributed by atoms with Crippen LogP contribution in [-0.2, 0) is 16.1 Å². The molecule has 0 aliphatic carbocycles. The van der Waals surface area contributed by atoms with Crippen LogP contribution in [0.4, 0.5) is 0 Å². The molecular formula is C12H15Cl2NO2. The number of ether oxygens (including phenoxy) is 1. The number of benzene rings is 1. The van der Waals surface area contributed by atoms with Gasteiger partial charge in [-0.3, -0.25) is 4.79 Å². The van der Waals surface area contributed by atoms with E-state index >= 15 is 0 Å². The molecule has 1 aromatic rings. The first-order chi connectivity index (χ1) is 8.02. The lowest BCUT2D eigenvalue weighted by molar-refractivity contribution is -0.135. The van der Waals surface area contributed by atoms with E-state index in [0.717, 1.165) is 5.56 Å². The zero-order valence-corrected chi connectivity index (χ0v) is 11.4. The van der Waals surface area contributed by atoms with Crippen LogP contribution in [0.5, 0.6) is 0 Å². The summed E-state index contributed by atoms with van der Waals surface area (Å²) in [5.41, 5.74) is 0.898. The summed E-state index contributed by atoms with van der Waals surface area (Å²) in [7, 11) is 1.72. The summed E-state index contributed by atoms with van der Waals surface area (Å²) in [6.07, 6.45) is 0. The smallest absolute Gasteiger partial charge is 0.248 e. The van der Waals surface area contributed by atoms with Gasteiger partial charge < -0.3 is 9.64 Å². The van der Waals surface area contributed by atoms with Crippen LogP contribution in [0.15, 0.2) is 18.2 Å². The maximum absolute atomic E-state index is 11.6. The molecule has 1 amide bonds. The third-order valence-electron chi connectivity index (χ3n) is 2.20. The molecule has 0 atom stereocenters. The predicted octanol–water partition coefficient (Wildman–Crippen LogP) is 2.99. The number of hydrogen-bond acceptors (Lipinski definition) is 2. The lowest BCUT2D eigenvalue weighted by Gasteiger charge is -2.17. The van der Waals surface area contributed by atoms with E-state index in [4.69, 9.17) is 27.9 Å². The molecule has 0 fully saturated rings. The largest absolute Gasteiger partial charge is 0.372 e. The fourth-order valence-electron chi connectivity index (χ4n) is 1.36. The molecule has 0 radical (unpaired) electrons. The maximum Gasteiger partial charge on any atom is 0.248 e. The van der Waals surface area contributed by atoms with Crippen LogP contribution in [0.25, 0.3) is 0 Å². The highest BCUT2D eigenvalue weighted by atomic mass is 35.5. The lowest BCUT2D eigenvalue weighted by atomic mass is 10.2. The third kappa shape index (κ3) is 4.94. The number of hydrogen-bond donors (Lipinski definition) is 0. The molecule has 0 bridgehead atoms. The predicted molar refractivity (Wildman–Crippen MR) is 69.4 cm³/mol. The number of likely N-dealkylation sites (N-methyl/N-ethyl adjacent to an activating group) is 1. The van der Waals surface area contributed by atoms with Crippen molar-refractivity contribution in [1.29, 1.82) is 0 Å². The van der Waals surface area contributed by atoms with Crippen LogP contribution in [0.1, 0.15) is 12.5 Å². The molecule has 0 N–H and O–H groups in total. The molecule has 0 heterocycles. The summed E-state index contributed by atoms with van der Waals surface area (Å²) in [6, 6.07) is 5.24. The van der Waals surface area contributed by atoms with Crippen molar-refractivity contribution in [3.63, 3.8) is 0 Å². The Balaban J connectivity index is 2.60. The van der Waals surface area contributed by atoms with E-state index in [1.165, 1.54) is 0 Å². The van der Waals surface area contributed by atoms with Crippen molar-refractivity contribution >= 4 is 29.1 Å². The highest BCUT2D eigenvalue weighted by Crippen LogP contribution is 2.19. The van der Waals surface area contributed by atoms with Gasteiger partial charge in [0.1, 0.15) is 6.61 Å². The Kier molecular flexibility index (Phi) is 5.75. The first kappa shape index (κ1) is 14.3. The Morgan fingerprint density at radius 2 is 1.88 bits per heavy atom. The second-order valence-corrected chi connectivity index (χ2v) is 4.54. The summed E-state index contributed by atoms with van der Waals surface area (Å²) in [5.74, 6) is -0.0667. The molecule has 0 unspecified atom stereocenters. The molecule has 1 aromatic carbocycles. The Morgan fingerprint density at radius 3 is 2.41 bits per heavy atom. The van der Waals surface area contributed by atoms with Gasteiger partial charge in [0.25, 0.3) is 0 Å². The number of carbonyl (C=O) groups excluding carboxylic acids is 1. The molecule has 17 heavy (non-hydrogen) atoms. The summed E-state index contributed by atoms with van der Waals surface area (Å²) in [4.78, 5) is 13.2. The lowest BCUT2D eigenvalue weighted by Crippen LogP contribution is -2.29. The quantitative estimate of drug-likeness (QED) is 0.827. The van der Waals surface area contributed by atoms with Gasteiger partial charge >= 0.3 is 0 Å². The standard InChI is InChI=1S/C12H15Cl2NO2/c1-3-17-8-12(16)15(2)7-9-4-10(13)6-11(14)5-9/h4-6H,3,7-8H2,1-2H3. The normalized spacial score (nSPS) is 10.4. The Labute approximate surface area is 111 Å². The average molecular weight is 276 g/mol. The monoisotopic (exact) mass is 275 g/mol. The van der Waals surface area contributed by atoms with Gasteiger partial charge in [0.2, 0.25) is 5.91 Å². The summed E-state index contributed by atoms with van der Waals surface area (Å²) < 4.78 is 5.06. The van der Waals surface area contributed by atoms with Gasteiger partial charge in [0, 0.05) is 30.2 Å². The molecule has 0 spiro atoms. The second-order valence-electron chi connectivity index (χ2n) is 3.66. The number of carbonyl (C=O) groups is 1. The number of amides is 1. The van der Waals surface area contributed by atoms with Gasteiger partial charge in [0.05, 0.1) is 0 Å². The molecule has 94 valence electrons. The van der Waals surface area contributed by atoms with Crippen molar-refractivity contribution in [3.8, 4) is 0 Å². The van der Waals surface area contributed by atoms with E-state index in [1.807, 2.05) is 6.92 Å². The minimum Gasteiger partial charge on any atom is -0.372 e. The van der Waals surface area contributed by atoms with Gasteiger partial charge in [-0.25, -0.2) is 0 Å². The van der Waals surface area contributed by atoms with E-state index in [1.54, 1.807) is 30.1 Å². The van der Waals surface area contributed by atoms with E-state index < -0.39 is 0 Å². The van der Waals surface area contributed by atoms with Crippen LogP contribution in [-0.4, -0.2) is 31.1 Å².